The zero-order chi connectivity index (χ0) is 19.4. The second-order valence-corrected chi connectivity index (χ2v) is 5.93. The number of ketones is 1. The van der Waals surface area contributed by atoms with Crippen molar-refractivity contribution >= 4 is 23.1 Å². The highest BCUT2D eigenvalue weighted by molar-refractivity contribution is 6.10. The van der Waals surface area contributed by atoms with Crippen LogP contribution >= 0.6 is 0 Å². The Hall–Kier alpha value is -3.80. The molecule has 0 heterocycles. The van der Waals surface area contributed by atoms with Crippen LogP contribution in [0.15, 0.2) is 72.8 Å². The average molecular weight is 360 g/mol. The van der Waals surface area contributed by atoms with Crippen LogP contribution in [0.5, 0.6) is 0 Å². The lowest BCUT2D eigenvalue weighted by molar-refractivity contribution is -0.385. The van der Waals surface area contributed by atoms with Gasteiger partial charge in [-0.2, -0.15) is 0 Å². The molecule has 1 N–H and O–H groups in total. The van der Waals surface area contributed by atoms with Gasteiger partial charge in [-0.1, -0.05) is 48.5 Å². The van der Waals surface area contributed by atoms with E-state index in [1.165, 1.54) is 12.1 Å². The van der Waals surface area contributed by atoms with Crippen molar-refractivity contribution in [3.05, 3.63) is 105 Å². The van der Waals surface area contributed by atoms with E-state index in [1.807, 2.05) is 6.07 Å². The zero-order valence-electron chi connectivity index (χ0n) is 14.5. The third-order valence-corrected chi connectivity index (χ3v) is 4.20. The van der Waals surface area contributed by atoms with E-state index < -0.39 is 10.8 Å². The molecule has 0 aromatic heterocycles. The number of nitrogens with one attached hydrogen (secondary N) is 1. The van der Waals surface area contributed by atoms with E-state index in [4.69, 9.17) is 0 Å². The van der Waals surface area contributed by atoms with Crippen molar-refractivity contribution < 1.29 is 14.5 Å². The van der Waals surface area contributed by atoms with Crippen molar-refractivity contribution in [1.29, 1.82) is 0 Å². The Morgan fingerprint density at radius 3 is 2.04 bits per heavy atom. The van der Waals surface area contributed by atoms with E-state index in [0.29, 0.717) is 27.9 Å². The standard InChI is InChI=1S/C21H16N2O4/c1-14-18(8-5-9-19(14)23(26)27)22-21(25)17-12-10-16(11-13-17)20(24)15-6-3-2-4-7-15/h2-13H,1H3,(H,22,25). The number of benzene rings is 3. The fourth-order valence-electron chi connectivity index (χ4n) is 2.68. The number of nitro groups is 1. The van der Waals surface area contributed by atoms with Gasteiger partial charge in [-0.15, -0.1) is 0 Å². The summed E-state index contributed by atoms with van der Waals surface area (Å²) in [5.41, 5.74) is 2.10. The molecule has 6 nitrogen and oxygen atoms in total. The summed E-state index contributed by atoms with van der Waals surface area (Å²) in [6.45, 7) is 1.58. The van der Waals surface area contributed by atoms with Crippen LogP contribution in [-0.2, 0) is 0 Å². The summed E-state index contributed by atoms with van der Waals surface area (Å²) in [6.07, 6.45) is 0. The zero-order valence-corrected chi connectivity index (χ0v) is 14.5. The number of hydrogen-bond donors (Lipinski definition) is 1. The molecule has 6 heteroatoms. The van der Waals surface area contributed by atoms with E-state index in [-0.39, 0.29) is 11.5 Å². The summed E-state index contributed by atoms with van der Waals surface area (Å²) < 4.78 is 0. The predicted molar refractivity (Wildman–Crippen MR) is 102 cm³/mol. The summed E-state index contributed by atoms with van der Waals surface area (Å²) in [5.74, 6) is -0.533. The molecule has 3 aromatic carbocycles. The van der Waals surface area contributed by atoms with E-state index in [1.54, 1.807) is 61.5 Å². The largest absolute Gasteiger partial charge is 0.321 e. The smallest absolute Gasteiger partial charge is 0.274 e. The number of nitro benzene ring substituents is 1. The van der Waals surface area contributed by atoms with Crippen molar-refractivity contribution in [1.82, 2.24) is 0 Å². The van der Waals surface area contributed by atoms with Gasteiger partial charge in [0.05, 0.1) is 16.2 Å². The number of carbonyl (C=O) groups excluding carboxylic acids is 2. The summed E-state index contributed by atoms with van der Waals surface area (Å²) in [4.78, 5) is 35.4. The van der Waals surface area contributed by atoms with E-state index >= 15 is 0 Å². The molecule has 0 bridgehead atoms. The van der Waals surface area contributed by atoms with Crippen LogP contribution in [0.1, 0.15) is 31.8 Å². The van der Waals surface area contributed by atoms with Gasteiger partial charge in [0, 0.05) is 22.8 Å². The maximum Gasteiger partial charge on any atom is 0.274 e. The normalized spacial score (nSPS) is 10.3. The minimum absolute atomic E-state index is 0.0587. The molecule has 0 unspecified atom stereocenters. The molecule has 0 fully saturated rings. The maximum atomic E-state index is 12.4. The highest BCUT2D eigenvalue weighted by Crippen LogP contribution is 2.25. The average Bonchev–Trinajstić information content (AvgIpc) is 2.69. The quantitative estimate of drug-likeness (QED) is 0.415. The van der Waals surface area contributed by atoms with Crippen molar-refractivity contribution in [2.45, 2.75) is 6.92 Å². The Kier molecular flexibility index (Phi) is 5.08. The molecule has 0 aliphatic rings. The number of rotatable bonds is 5. The summed E-state index contributed by atoms with van der Waals surface area (Å²) in [5, 5.41) is 13.7. The highest BCUT2D eigenvalue weighted by atomic mass is 16.6. The van der Waals surface area contributed by atoms with Gasteiger partial charge < -0.3 is 5.32 Å². The van der Waals surface area contributed by atoms with Gasteiger partial charge in [0.25, 0.3) is 11.6 Å². The number of carbonyl (C=O) groups is 2. The number of amides is 1. The first kappa shape index (κ1) is 18.0. The third kappa shape index (κ3) is 3.90. The number of anilines is 1. The lowest BCUT2D eigenvalue weighted by Gasteiger charge is -2.09. The molecule has 0 aliphatic heterocycles. The maximum absolute atomic E-state index is 12.4. The van der Waals surface area contributed by atoms with Crippen LogP contribution in [-0.4, -0.2) is 16.6 Å². The topological polar surface area (TPSA) is 89.3 Å². The van der Waals surface area contributed by atoms with E-state index in [9.17, 15) is 19.7 Å². The molecule has 0 spiro atoms. The van der Waals surface area contributed by atoms with Crippen molar-refractivity contribution in [2.24, 2.45) is 0 Å². The molecule has 0 saturated heterocycles. The van der Waals surface area contributed by atoms with Crippen LogP contribution < -0.4 is 5.32 Å². The second kappa shape index (κ2) is 7.61. The molecule has 3 aromatic rings. The third-order valence-electron chi connectivity index (χ3n) is 4.20. The number of nitrogens with zero attached hydrogens (tertiary/aromatic N) is 1. The Bertz CT molecular complexity index is 1010. The van der Waals surface area contributed by atoms with Crippen LogP contribution in [0.25, 0.3) is 0 Å². The van der Waals surface area contributed by atoms with Crippen molar-refractivity contribution in [2.75, 3.05) is 5.32 Å². The SMILES string of the molecule is Cc1c(NC(=O)c2ccc(C(=O)c3ccccc3)cc2)cccc1[N+](=O)[O-]. The minimum atomic E-state index is -0.491. The molecule has 1 amide bonds. The Morgan fingerprint density at radius 1 is 0.815 bits per heavy atom. The van der Waals surface area contributed by atoms with E-state index in [0.717, 1.165) is 0 Å². The lowest BCUT2D eigenvalue weighted by Crippen LogP contribution is -2.13. The molecule has 0 saturated carbocycles. The predicted octanol–water partition coefficient (Wildman–Crippen LogP) is 4.39. The van der Waals surface area contributed by atoms with Gasteiger partial charge >= 0.3 is 0 Å². The fourth-order valence-corrected chi connectivity index (χ4v) is 2.68. The van der Waals surface area contributed by atoms with Gasteiger partial charge in [0.1, 0.15) is 0 Å². The summed E-state index contributed by atoms with van der Waals surface area (Å²) >= 11 is 0. The summed E-state index contributed by atoms with van der Waals surface area (Å²) in [7, 11) is 0. The minimum Gasteiger partial charge on any atom is -0.321 e. The fraction of sp³-hybridized carbons (Fsp3) is 0.0476. The molecular formula is C21H16N2O4. The first-order valence-corrected chi connectivity index (χ1v) is 8.22. The number of hydrogen-bond acceptors (Lipinski definition) is 4. The molecule has 0 radical (unpaired) electrons. The Balaban J connectivity index is 1.78. The first-order chi connectivity index (χ1) is 13.0. The van der Waals surface area contributed by atoms with Gasteiger partial charge in [-0.25, -0.2) is 0 Å². The second-order valence-electron chi connectivity index (χ2n) is 5.93. The highest BCUT2D eigenvalue weighted by Gasteiger charge is 2.16. The first-order valence-electron chi connectivity index (χ1n) is 8.22. The van der Waals surface area contributed by atoms with Gasteiger partial charge in [0.15, 0.2) is 5.78 Å². The van der Waals surface area contributed by atoms with Gasteiger partial charge in [-0.05, 0) is 25.1 Å². The molecular weight excluding hydrogens is 344 g/mol. The molecule has 134 valence electrons. The van der Waals surface area contributed by atoms with Crippen molar-refractivity contribution in [3.8, 4) is 0 Å². The summed E-state index contributed by atoms with van der Waals surface area (Å²) in [6, 6.07) is 19.7. The van der Waals surface area contributed by atoms with Crippen molar-refractivity contribution in [3.63, 3.8) is 0 Å². The lowest BCUT2D eigenvalue weighted by atomic mass is 10.0. The van der Waals surface area contributed by atoms with Gasteiger partial charge in [-0.3, -0.25) is 19.7 Å². The van der Waals surface area contributed by atoms with Crippen LogP contribution in [0.3, 0.4) is 0 Å². The molecule has 27 heavy (non-hydrogen) atoms. The van der Waals surface area contributed by atoms with Crippen LogP contribution in [0.4, 0.5) is 11.4 Å². The van der Waals surface area contributed by atoms with Gasteiger partial charge in [0.2, 0.25) is 0 Å². The molecule has 3 rings (SSSR count). The Morgan fingerprint density at radius 2 is 1.41 bits per heavy atom. The molecule has 0 aliphatic carbocycles. The Labute approximate surface area is 155 Å². The van der Waals surface area contributed by atoms with Crippen LogP contribution in [0.2, 0.25) is 0 Å². The van der Waals surface area contributed by atoms with Crippen LogP contribution in [0, 0.1) is 17.0 Å². The van der Waals surface area contributed by atoms with E-state index in [2.05, 4.69) is 5.32 Å². The monoisotopic (exact) mass is 360 g/mol. The molecule has 0 atom stereocenters.